The number of aryl methyl sites for hydroxylation is 1. The molecule has 0 aliphatic heterocycles. The number of sulfonamides is 1. The number of hydrogen-bond acceptors (Lipinski definition) is 4. The van der Waals surface area contributed by atoms with E-state index >= 15 is 0 Å². The zero-order valence-electron chi connectivity index (χ0n) is 18.0. The average Bonchev–Trinajstić information content (AvgIpc) is 3.30. The number of rotatable bonds is 9. The molecule has 1 aliphatic rings. The van der Waals surface area contributed by atoms with Crippen LogP contribution in [-0.4, -0.2) is 29.1 Å². The van der Waals surface area contributed by atoms with Gasteiger partial charge in [0.1, 0.15) is 0 Å². The highest BCUT2D eigenvalue weighted by molar-refractivity contribution is 7.89. The van der Waals surface area contributed by atoms with Crippen LogP contribution in [0, 0.1) is 12.8 Å². The summed E-state index contributed by atoms with van der Waals surface area (Å²) in [6.07, 6.45) is 2.41. The minimum Gasteiger partial charge on any atom is -0.417 e. The quantitative estimate of drug-likeness (QED) is 0.200. The fourth-order valence-corrected chi connectivity index (χ4v) is 4.48. The van der Waals surface area contributed by atoms with E-state index in [0.29, 0.717) is 13.0 Å². The van der Waals surface area contributed by atoms with Gasteiger partial charge in [-0.05, 0) is 56.5 Å². The highest BCUT2D eigenvalue weighted by Crippen LogP contribution is 2.39. The Hall–Kier alpha value is -1.44. The Morgan fingerprint density at radius 1 is 1.29 bits per heavy atom. The third kappa shape index (κ3) is 6.03. The predicted octanol–water partition coefficient (Wildman–Crippen LogP) is 5.01. The first-order chi connectivity index (χ1) is 12.8. The number of nitrogens with one attached hydrogen (secondary N) is 1. The Bertz CT molecular complexity index is 837. The van der Waals surface area contributed by atoms with Gasteiger partial charge in [-0.15, -0.1) is 0 Å². The lowest BCUT2D eigenvalue weighted by atomic mass is 10.1. The van der Waals surface area contributed by atoms with Gasteiger partial charge in [-0.25, -0.2) is 4.83 Å². The normalized spacial score (nSPS) is 18.3. The maximum absolute atomic E-state index is 12.5. The second kappa shape index (κ2) is 8.51. The maximum atomic E-state index is 12.5. The van der Waals surface area contributed by atoms with Crippen molar-refractivity contribution in [2.45, 2.75) is 70.0 Å². The fraction of sp³-hybridized carbons (Fsp3) is 0.571. The summed E-state index contributed by atoms with van der Waals surface area (Å²) in [4.78, 5) is 2.62. The molecule has 1 N–H and O–H groups in total. The van der Waals surface area contributed by atoms with Crippen molar-refractivity contribution in [2.75, 3.05) is 6.61 Å². The van der Waals surface area contributed by atoms with Crippen molar-refractivity contribution in [1.29, 1.82) is 0 Å². The Kier molecular flexibility index (Phi) is 6.94. The molecule has 1 aliphatic carbocycles. The summed E-state index contributed by atoms with van der Waals surface area (Å²) in [5.41, 5.74) is 2.97. The topological polar surface area (TPSA) is 67.8 Å². The number of benzene rings is 1. The number of hydrazone groups is 1. The molecule has 0 heterocycles. The maximum Gasteiger partial charge on any atom is 0.276 e. The molecule has 1 aromatic rings. The van der Waals surface area contributed by atoms with Crippen LogP contribution in [0.25, 0.3) is 0 Å². The lowest BCUT2D eigenvalue weighted by molar-refractivity contribution is 0.284. The summed E-state index contributed by atoms with van der Waals surface area (Å²) in [6, 6.07) is 6.74. The average molecular weight is 423 g/mol. The molecule has 156 valence electrons. The Balaban J connectivity index is 1.98. The van der Waals surface area contributed by atoms with E-state index in [4.69, 9.17) is 4.43 Å². The summed E-state index contributed by atoms with van der Waals surface area (Å²) >= 11 is 0. The van der Waals surface area contributed by atoms with E-state index in [9.17, 15) is 8.42 Å². The van der Waals surface area contributed by atoms with Crippen molar-refractivity contribution in [3.8, 4) is 0 Å². The summed E-state index contributed by atoms with van der Waals surface area (Å²) in [5.74, 6) is 0.189. The van der Waals surface area contributed by atoms with Gasteiger partial charge in [0, 0.05) is 18.2 Å². The van der Waals surface area contributed by atoms with Crippen LogP contribution in [0.5, 0.6) is 0 Å². The van der Waals surface area contributed by atoms with Gasteiger partial charge in [0.05, 0.1) is 4.90 Å². The SMILES string of the molecule is C=C1CC1/C(CCCO[Si](C)(C)C(C)(C)C)=N/NS(=O)(=O)c1ccc(C)cc1. The first-order valence-corrected chi connectivity index (χ1v) is 14.2. The molecule has 0 amide bonds. The number of allylic oxidation sites excluding steroid dienone is 1. The van der Waals surface area contributed by atoms with Crippen molar-refractivity contribution in [1.82, 2.24) is 4.83 Å². The molecule has 0 aromatic heterocycles. The summed E-state index contributed by atoms with van der Waals surface area (Å²) in [5, 5.41) is 4.44. The molecule has 7 heteroatoms. The van der Waals surface area contributed by atoms with E-state index in [1.165, 1.54) is 0 Å². The fourth-order valence-electron chi connectivity index (χ4n) is 2.55. The molecule has 1 fully saturated rings. The molecule has 2 rings (SSSR count). The molecule has 5 nitrogen and oxygen atoms in total. The molecule has 0 spiro atoms. The van der Waals surface area contributed by atoms with Gasteiger partial charge in [0.15, 0.2) is 8.32 Å². The molecule has 0 bridgehead atoms. The van der Waals surface area contributed by atoms with Gasteiger partial charge in [0.2, 0.25) is 0 Å². The molecular formula is C21H34N2O3SSi. The van der Waals surface area contributed by atoms with Crippen LogP contribution < -0.4 is 4.83 Å². The van der Waals surface area contributed by atoms with E-state index in [1.807, 2.05) is 6.92 Å². The standard InChI is InChI=1S/C21H34N2O3SSi/c1-16-10-12-18(13-11-16)27(24,25)23-22-20(19-15-17(19)2)9-8-14-26-28(6,7)21(3,4)5/h10-13,19,23H,2,8-9,14-15H2,1,3-7H3/b22-20+. The minimum absolute atomic E-state index is 0.179. The summed E-state index contributed by atoms with van der Waals surface area (Å²) in [7, 11) is -5.43. The smallest absolute Gasteiger partial charge is 0.276 e. The van der Waals surface area contributed by atoms with Crippen LogP contribution in [0.4, 0.5) is 0 Å². The largest absolute Gasteiger partial charge is 0.417 e. The van der Waals surface area contributed by atoms with E-state index in [2.05, 4.69) is 50.4 Å². The lowest BCUT2D eigenvalue weighted by Gasteiger charge is -2.36. The molecule has 0 radical (unpaired) electrons. The lowest BCUT2D eigenvalue weighted by Crippen LogP contribution is -2.41. The van der Waals surface area contributed by atoms with E-state index in [1.54, 1.807) is 24.3 Å². The van der Waals surface area contributed by atoms with E-state index in [-0.39, 0.29) is 15.9 Å². The highest BCUT2D eigenvalue weighted by Gasteiger charge is 2.37. The zero-order valence-corrected chi connectivity index (χ0v) is 19.8. The van der Waals surface area contributed by atoms with Gasteiger partial charge in [-0.1, -0.05) is 50.6 Å². The van der Waals surface area contributed by atoms with E-state index < -0.39 is 18.3 Å². The highest BCUT2D eigenvalue weighted by atomic mass is 32.2. The van der Waals surface area contributed by atoms with E-state index in [0.717, 1.165) is 29.7 Å². The Morgan fingerprint density at radius 3 is 2.36 bits per heavy atom. The van der Waals surface area contributed by atoms with Crippen LogP contribution in [0.3, 0.4) is 0 Å². The van der Waals surface area contributed by atoms with Crippen LogP contribution >= 0.6 is 0 Å². The van der Waals surface area contributed by atoms with Crippen molar-refractivity contribution in [3.05, 3.63) is 42.0 Å². The van der Waals surface area contributed by atoms with Gasteiger partial charge in [-0.2, -0.15) is 13.5 Å². The first kappa shape index (κ1) is 22.8. The molecule has 1 aromatic carbocycles. The van der Waals surface area contributed by atoms with Crippen LogP contribution in [0.1, 0.15) is 45.6 Å². The predicted molar refractivity (Wildman–Crippen MR) is 119 cm³/mol. The van der Waals surface area contributed by atoms with Gasteiger partial charge in [-0.3, -0.25) is 0 Å². The first-order valence-electron chi connectivity index (χ1n) is 9.80. The third-order valence-electron chi connectivity index (χ3n) is 5.69. The summed E-state index contributed by atoms with van der Waals surface area (Å²) in [6.45, 7) is 17.7. The molecule has 28 heavy (non-hydrogen) atoms. The molecule has 1 saturated carbocycles. The number of hydrogen-bond donors (Lipinski definition) is 1. The Labute approximate surface area is 171 Å². The van der Waals surface area contributed by atoms with Crippen LogP contribution in [-0.2, 0) is 14.4 Å². The Morgan fingerprint density at radius 2 is 1.86 bits per heavy atom. The van der Waals surface area contributed by atoms with Crippen LogP contribution in [0.15, 0.2) is 46.4 Å². The minimum atomic E-state index is -3.66. The van der Waals surface area contributed by atoms with Gasteiger partial charge < -0.3 is 4.43 Å². The molecule has 1 atom stereocenters. The van der Waals surface area contributed by atoms with Crippen molar-refractivity contribution < 1.29 is 12.8 Å². The second-order valence-corrected chi connectivity index (χ2v) is 15.6. The number of nitrogens with zero attached hydrogens (tertiary/aromatic N) is 1. The molecule has 1 unspecified atom stereocenters. The molecular weight excluding hydrogens is 388 g/mol. The second-order valence-electron chi connectivity index (χ2n) is 9.14. The van der Waals surface area contributed by atoms with Crippen molar-refractivity contribution in [3.63, 3.8) is 0 Å². The monoisotopic (exact) mass is 422 g/mol. The summed E-state index contributed by atoms with van der Waals surface area (Å²) < 4.78 is 31.2. The third-order valence-corrected chi connectivity index (χ3v) is 11.5. The van der Waals surface area contributed by atoms with Gasteiger partial charge in [0.25, 0.3) is 10.0 Å². The molecule has 0 saturated heterocycles. The van der Waals surface area contributed by atoms with Crippen LogP contribution in [0.2, 0.25) is 18.1 Å². The van der Waals surface area contributed by atoms with Gasteiger partial charge >= 0.3 is 0 Å². The zero-order chi connectivity index (χ0) is 21.2. The van der Waals surface area contributed by atoms with Crippen molar-refractivity contribution >= 4 is 24.1 Å². The van der Waals surface area contributed by atoms with Crippen molar-refractivity contribution in [2.24, 2.45) is 11.0 Å².